The van der Waals surface area contributed by atoms with E-state index in [0.29, 0.717) is 18.3 Å². The van der Waals surface area contributed by atoms with Gasteiger partial charge in [0.2, 0.25) is 0 Å². The standard InChI is InChI=1S/C19H30O3S/c1-2-3-6-10-18(20)13-12-17-15-23-14-16(17)9-7-4-5-8-11-19(21)22/h4,7-8,11-13,16-18,20H,2-3,5-6,9-10,14-15H2,1H3,(H,21,22)/t16-,17+,18?/m1/s1. The molecule has 0 amide bonds. The summed E-state index contributed by atoms with van der Waals surface area (Å²) in [6.45, 7) is 2.17. The number of carboxylic acid groups (broad SMARTS) is 1. The lowest BCUT2D eigenvalue weighted by atomic mass is 9.91. The van der Waals surface area contributed by atoms with Gasteiger partial charge < -0.3 is 10.2 Å². The molecule has 1 rings (SSSR count). The van der Waals surface area contributed by atoms with Crippen molar-refractivity contribution in [1.82, 2.24) is 0 Å². The molecule has 0 aromatic rings. The van der Waals surface area contributed by atoms with Gasteiger partial charge >= 0.3 is 5.97 Å². The van der Waals surface area contributed by atoms with Gasteiger partial charge in [-0.05, 0) is 42.6 Å². The quantitative estimate of drug-likeness (QED) is 0.332. The lowest BCUT2D eigenvalue weighted by Gasteiger charge is -2.14. The smallest absolute Gasteiger partial charge is 0.327 e. The van der Waals surface area contributed by atoms with Crippen molar-refractivity contribution in [1.29, 1.82) is 0 Å². The van der Waals surface area contributed by atoms with E-state index in [4.69, 9.17) is 5.11 Å². The second-order valence-corrected chi connectivity index (χ2v) is 7.17. The molecule has 3 atom stereocenters. The average Bonchev–Trinajstić information content (AvgIpc) is 2.96. The summed E-state index contributed by atoms with van der Waals surface area (Å²) >= 11 is 1.98. The third-order valence-electron chi connectivity index (χ3n) is 4.07. The van der Waals surface area contributed by atoms with Crippen LogP contribution in [0.15, 0.2) is 36.5 Å². The highest BCUT2D eigenvalue weighted by Gasteiger charge is 2.24. The average molecular weight is 339 g/mol. The fourth-order valence-corrected chi connectivity index (χ4v) is 4.13. The highest BCUT2D eigenvalue weighted by Crippen LogP contribution is 2.33. The number of thioether (sulfide) groups is 1. The molecule has 23 heavy (non-hydrogen) atoms. The van der Waals surface area contributed by atoms with E-state index in [2.05, 4.69) is 19.1 Å². The summed E-state index contributed by atoms with van der Waals surface area (Å²) in [6.07, 6.45) is 16.9. The summed E-state index contributed by atoms with van der Waals surface area (Å²) in [6, 6.07) is 0. The molecule has 1 saturated heterocycles. The number of rotatable bonds is 11. The highest BCUT2D eigenvalue weighted by molar-refractivity contribution is 7.99. The Labute approximate surface area is 144 Å². The van der Waals surface area contributed by atoms with Crippen LogP contribution in [0.3, 0.4) is 0 Å². The lowest BCUT2D eigenvalue weighted by Crippen LogP contribution is -2.10. The Morgan fingerprint density at radius 2 is 2.09 bits per heavy atom. The Bertz CT molecular complexity index is 415. The number of aliphatic hydroxyl groups is 1. The second-order valence-electron chi connectivity index (χ2n) is 6.09. The first-order valence-electron chi connectivity index (χ1n) is 8.62. The van der Waals surface area contributed by atoms with Crippen molar-refractivity contribution >= 4 is 17.7 Å². The first kappa shape index (κ1) is 20.0. The number of aliphatic carboxylic acids is 1. The molecule has 0 bridgehead atoms. The van der Waals surface area contributed by atoms with Crippen LogP contribution in [0, 0.1) is 11.8 Å². The third-order valence-corrected chi connectivity index (χ3v) is 5.35. The molecule has 0 aliphatic carbocycles. The Morgan fingerprint density at radius 1 is 1.26 bits per heavy atom. The van der Waals surface area contributed by atoms with Gasteiger partial charge in [-0.15, -0.1) is 0 Å². The van der Waals surface area contributed by atoms with Gasteiger partial charge in [-0.3, -0.25) is 0 Å². The topological polar surface area (TPSA) is 57.5 Å². The summed E-state index contributed by atoms with van der Waals surface area (Å²) in [5.41, 5.74) is 0. The van der Waals surface area contributed by atoms with Crippen LogP contribution in [0.2, 0.25) is 0 Å². The predicted octanol–water partition coefficient (Wildman–Crippen LogP) is 4.44. The lowest BCUT2D eigenvalue weighted by molar-refractivity contribution is -0.131. The maximum atomic E-state index is 10.4. The van der Waals surface area contributed by atoms with Gasteiger partial charge in [-0.2, -0.15) is 11.8 Å². The maximum absolute atomic E-state index is 10.4. The fraction of sp³-hybridized carbons (Fsp3) is 0.632. The van der Waals surface area contributed by atoms with Gasteiger partial charge in [-0.25, -0.2) is 4.79 Å². The molecule has 0 aromatic heterocycles. The van der Waals surface area contributed by atoms with Gasteiger partial charge in [0.15, 0.2) is 0 Å². The molecule has 3 nitrogen and oxygen atoms in total. The van der Waals surface area contributed by atoms with E-state index in [9.17, 15) is 9.90 Å². The Kier molecular flexibility index (Phi) is 10.8. The van der Waals surface area contributed by atoms with Crippen LogP contribution in [-0.2, 0) is 4.79 Å². The van der Waals surface area contributed by atoms with Crippen LogP contribution in [0.1, 0.15) is 45.4 Å². The molecule has 1 heterocycles. The molecule has 2 N–H and O–H groups in total. The van der Waals surface area contributed by atoms with E-state index in [1.54, 1.807) is 6.08 Å². The van der Waals surface area contributed by atoms with Crippen LogP contribution < -0.4 is 0 Å². The molecule has 1 unspecified atom stereocenters. The fourth-order valence-electron chi connectivity index (χ4n) is 2.66. The molecule has 0 saturated carbocycles. The van der Waals surface area contributed by atoms with E-state index in [1.807, 2.05) is 23.9 Å². The van der Waals surface area contributed by atoms with Gasteiger partial charge in [0, 0.05) is 6.08 Å². The minimum Gasteiger partial charge on any atom is -0.478 e. The molecule has 4 heteroatoms. The number of hydrogen-bond acceptors (Lipinski definition) is 3. The van der Waals surface area contributed by atoms with Crippen LogP contribution >= 0.6 is 11.8 Å². The summed E-state index contributed by atoms with van der Waals surface area (Å²) in [5, 5.41) is 18.5. The monoisotopic (exact) mass is 338 g/mol. The first-order valence-corrected chi connectivity index (χ1v) is 9.77. The Balaban J connectivity index is 2.30. The van der Waals surface area contributed by atoms with E-state index >= 15 is 0 Å². The van der Waals surface area contributed by atoms with E-state index in [1.165, 1.54) is 18.9 Å². The first-order chi connectivity index (χ1) is 11.1. The normalized spacial score (nSPS) is 23.4. The molecular formula is C19H30O3S. The Morgan fingerprint density at radius 3 is 2.83 bits per heavy atom. The number of carbonyl (C=O) groups is 1. The summed E-state index contributed by atoms with van der Waals surface area (Å²) < 4.78 is 0. The third kappa shape index (κ3) is 9.67. The number of allylic oxidation sites excluding steroid dienone is 4. The van der Waals surface area contributed by atoms with Crippen molar-refractivity contribution in [2.75, 3.05) is 11.5 Å². The van der Waals surface area contributed by atoms with Crippen LogP contribution in [-0.4, -0.2) is 33.8 Å². The maximum Gasteiger partial charge on any atom is 0.327 e. The molecular weight excluding hydrogens is 308 g/mol. The zero-order valence-corrected chi connectivity index (χ0v) is 14.9. The predicted molar refractivity (Wildman–Crippen MR) is 98.7 cm³/mol. The molecule has 1 aliphatic heterocycles. The molecule has 0 spiro atoms. The summed E-state index contributed by atoms with van der Waals surface area (Å²) in [4.78, 5) is 10.4. The highest BCUT2D eigenvalue weighted by atomic mass is 32.2. The van der Waals surface area contributed by atoms with Crippen LogP contribution in [0.4, 0.5) is 0 Å². The number of hydrogen-bond donors (Lipinski definition) is 2. The molecule has 0 radical (unpaired) electrons. The summed E-state index contributed by atoms with van der Waals surface area (Å²) in [7, 11) is 0. The zero-order valence-electron chi connectivity index (χ0n) is 14.1. The molecule has 0 aromatic carbocycles. The summed E-state index contributed by atoms with van der Waals surface area (Å²) in [5.74, 6) is 2.57. The van der Waals surface area contributed by atoms with Crippen molar-refractivity contribution in [3.05, 3.63) is 36.5 Å². The number of aliphatic hydroxyl groups excluding tert-OH is 1. The molecule has 1 aliphatic rings. The Hall–Kier alpha value is -1.00. The zero-order chi connectivity index (χ0) is 16.9. The second kappa shape index (κ2) is 12.4. The van der Waals surface area contributed by atoms with E-state index < -0.39 is 5.97 Å². The van der Waals surface area contributed by atoms with Crippen molar-refractivity contribution in [3.8, 4) is 0 Å². The van der Waals surface area contributed by atoms with Gasteiger partial charge in [0.05, 0.1) is 6.10 Å². The number of unbranched alkanes of at least 4 members (excludes halogenated alkanes) is 2. The largest absolute Gasteiger partial charge is 0.478 e. The minimum absolute atomic E-state index is 0.301. The van der Waals surface area contributed by atoms with Crippen LogP contribution in [0.25, 0.3) is 0 Å². The van der Waals surface area contributed by atoms with Crippen molar-refractivity contribution in [3.63, 3.8) is 0 Å². The van der Waals surface area contributed by atoms with Crippen molar-refractivity contribution in [2.45, 2.75) is 51.6 Å². The molecule has 1 fully saturated rings. The van der Waals surface area contributed by atoms with E-state index in [-0.39, 0.29) is 6.10 Å². The van der Waals surface area contributed by atoms with Gasteiger partial charge in [0.1, 0.15) is 0 Å². The van der Waals surface area contributed by atoms with E-state index in [0.717, 1.165) is 30.8 Å². The van der Waals surface area contributed by atoms with Crippen molar-refractivity contribution in [2.24, 2.45) is 11.8 Å². The van der Waals surface area contributed by atoms with Crippen LogP contribution in [0.5, 0.6) is 0 Å². The number of carboxylic acids is 1. The van der Waals surface area contributed by atoms with Gasteiger partial charge in [0.25, 0.3) is 0 Å². The van der Waals surface area contributed by atoms with Crippen molar-refractivity contribution < 1.29 is 15.0 Å². The SMILES string of the molecule is CCCCCC(O)C=C[C@H]1CSC[C@H]1CC=CCC=CC(=O)O. The minimum atomic E-state index is -0.895. The van der Waals surface area contributed by atoms with Gasteiger partial charge in [-0.1, -0.05) is 56.6 Å². The molecule has 130 valence electrons.